The van der Waals surface area contributed by atoms with Gasteiger partial charge in [0.15, 0.2) is 0 Å². The fraction of sp³-hybridized carbons (Fsp3) is 0.750. The van der Waals surface area contributed by atoms with Gasteiger partial charge in [0.2, 0.25) is 0 Å². The smallest absolute Gasteiger partial charge is 0.345 e. The zero-order valence-corrected chi connectivity index (χ0v) is 24.3. The molecular weight excluding hydrogens is 459 g/mol. The number of nitrogens with zero attached hydrogens (tertiary/aromatic N) is 1. The van der Waals surface area contributed by atoms with Crippen LogP contribution in [0.5, 0.6) is 0 Å². The van der Waals surface area contributed by atoms with E-state index in [2.05, 4.69) is 53.8 Å². The van der Waals surface area contributed by atoms with Crippen LogP contribution in [-0.4, -0.2) is 37.4 Å². The molecule has 1 rings (SSSR count). The van der Waals surface area contributed by atoms with E-state index in [4.69, 9.17) is 4.84 Å². The maximum Gasteiger partial charge on any atom is 0.345 e. The Balaban J connectivity index is 2.85. The summed E-state index contributed by atoms with van der Waals surface area (Å²) in [5, 5.41) is 13.3. The number of urea groups is 1. The van der Waals surface area contributed by atoms with Crippen molar-refractivity contribution in [1.29, 1.82) is 0 Å². The Kier molecular flexibility index (Phi) is 14.7. The first-order valence-electron chi connectivity index (χ1n) is 13.7. The van der Waals surface area contributed by atoms with Crippen molar-refractivity contribution in [1.82, 2.24) is 5.06 Å². The second-order valence-electron chi connectivity index (χ2n) is 10.8. The standard InChI is InChI=1S/C28H51FN2O3Si/c1-8-9-10-11-12-13-14-17-31(28(33)30-27-16-15-25(21-32)20-26(27)29)34-18-19-35(22(2)3,23(4)5)24(6)7/h15-16,20,22-24,32H,8-14,17-19,21H2,1-7H3,(H,30,33). The number of aliphatic hydroxyl groups excluding tert-OH is 1. The van der Waals surface area contributed by atoms with E-state index < -0.39 is 19.9 Å². The molecule has 0 spiro atoms. The molecule has 7 heteroatoms. The van der Waals surface area contributed by atoms with Gasteiger partial charge < -0.3 is 10.4 Å². The van der Waals surface area contributed by atoms with Crippen molar-refractivity contribution in [2.45, 2.75) is 123 Å². The summed E-state index contributed by atoms with van der Waals surface area (Å²) in [6.07, 6.45) is 8.01. The lowest BCUT2D eigenvalue weighted by atomic mass is 10.1. The molecule has 2 N–H and O–H groups in total. The van der Waals surface area contributed by atoms with Gasteiger partial charge in [-0.25, -0.2) is 14.2 Å². The molecule has 202 valence electrons. The lowest BCUT2D eigenvalue weighted by molar-refractivity contribution is -0.109. The number of rotatable bonds is 17. The van der Waals surface area contributed by atoms with Gasteiger partial charge in [-0.2, -0.15) is 0 Å². The molecule has 5 nitrogen and oxygen atoms in total. The quantitative estimate of drug-likeness (QED) is 0.125. The van der Waals surface area contributed by atoms with Gasteiger partial charge in [0.1, 0.15) is 5.82 Å². The normalized spacial score (nSPS) is 12.1. The van der Waals surface area contributed by atoms with Crippen LogP contribution in [-0.2, 0) is 11.4 Å². The molecular formula is C28H51FN2O3Si. The van der Waals surface area contributed by atoms with Crippen molar-refractivity contribution in [3.05, 3.63) is 29.6 Å². The molecule has 0 aliphatic rings. The Morgan fingerprint density at radius 2 is 1.57 bits per heavy atom. The van der Waals surface area contributed by atoms with Gasteiger partial charge in [-0.3, -0.25) is 4.84 Å². The number of anilines is 1. The van der Waals surface area contributed by atoms with Gasteiger partial charge >= 0.3 is 6.03 Å². The summed E-state index contributed by atoms with van der Waals surface area (Å²) in [6.45, 7) is 16.9. The highest BCUT2D eigenvalue weighted by Crippen LogP contribution is 2.44. The van der Waals surface area contributed by atoms with E-state index in [-0.39, 0.29) is 12.3 Å². The van der Waals surface area contributed by atoms with Crippen molar-refractivity contribution in [3.8, 4) is 0 Å². The van der Waals surface area contributed by atoms with Crippen LogP contribution in [0.25, 0.3) is 0 Å². The molecule has 35 heavy (non-hydrogen) atoms. The van der Waals surface area contributed by atoms with E-state index in [0.29, 0.717) is 35.3 Å². The molecule has 1 aromatic carbocycles. The van der Waals surface area contributed by atoms with E-state index in [9.17, 15) is 14.3 Å². The van der Waals surface area contributed by atoms with Crippen molar-refractivity contribution in [3.63, 3.8) is 0 Å². The zero-order valence-electron chi connectivity index (χ0n) is 23.3. The number of aliphatic hydroxyl groups is 1. The number of carbonyl (C=O) groups is 1. The van der Waals surface area contributed by atoms with Crippen molar-refractivity contribution >= 4 is 19.8 Å². The lowest BCUT2D eigenvalue weighted by Gasteiger charge is -2.43. The SMILES string of the molecule is CCCCCCCCCN(OCC[Si](C(C)C)(C(C)C)C(C)C)C(=O)Nc1ccc(CO)cc1F. The summed E-state index contributed by atoms with van der Waals surface area (Å²) in [4.78, 5) is 19.2. The Morgan fingerprint density at radius 3 is 2.09 bits per heavy atom. The third kappa shape index (κ3) is 9.85. The Bertz CT molecular complexity index is 721. The maximum atomic E-state index is 14.4. The number of carbonyl (C=O) groups excluding carboxylic acids is 1. The number of nitrogens with one attached hydrogen (secondary N) is 1. The molecule has 0 atom stereocenters. The summed E-state index contributed by atoms with van der Waals surface area (Å²) in [5.74, 6) is -0.563. The minimum Gasteiger partial charge on any atom is -0.392 e. The molecule has 0 aliphatic heterocycles. The second-order valence-corrected chi connectivity index (χ2v) is 17.0. The molecule has 2 amide bonds. The van der Waals surface area contributed by atoms with E-state index >= 15 is 0 Å². The Hall–Kier alpha value is -1.44. The average molecular weight is 511 g/mol. The highest BCUT2D eigenvalue weighted by Gasteiger charge is 2.42. The fourth-order valence-corrected chi connectivity index (χ4v) is 11.7. The molecule has 0 saturated heterocycles. The first kappa shape index (κ1) is 31.6. The predicted octanol–water partition coefficient (Wildman–Crippen LogP) is 8.51. The van der Waals surface area contributed by atoms with Gasteiger partial charge in [0, 0.05) is 0 Å². The first-order valence-corrected chi connectivity index (χ1v) is 16.1. The van der Waals surface area contributed by atoms with E-state index in [1.54, 1.807) is 6.07 Å². The molecule has 0 heterocycles. The monoisotopic (exact) mass is 510 g/mol. The van der Waals surface area contributed by atoms with Crippen LogP contribution in [0.15, 0.2) is 18.2 Å². The van der Waals surface area contributed by atoms with Crippen LogP contribution < -0.4 is 5.32 Å². The minimum atomic E-state index is -1.65. The van der Waals surface area contributed by atoms with Gasteiger partial charge in [0.25, 0.3) is 0 Å². The summed E-state index contributed by atoms with van der Waals surface area (Å²) >= 11 is 0. The fourth-order valence-electron chi connectivity index (χ4n) is 5.57. The minimum absolute atomic E-state index is 0.0932. The second kappa shape index (κ2) is 16.3. The van der Waals surface area contributed by atoms with Crippen LogP contribution in [0.3, 0.4) is 0 Å². The van der Waals surface area contributed by atoms with Gasteiger partial charge in [0.05, 0.1) is 33.5 Å². The van der Waals surface area contributed by atoms with Crippen LogP contribution in [0.1, 0.15) is 99.0 Å². The van der Waals surface area contributed by atoms with Crippen molar-refractivity contribution < 1.29 is 19.1 Å². The summed E-state index contributed by atoms with van der Waals surface area (Å²) < 4.78 is 14.4. The molecule has 0 bridgehead atoms. The zero-order chi connectivity index (χ0) is 26.4. The van der Waals surface area contributed by atoms with Gasteiger partial charge in [-0.15, -0.1) is 0 Å². The van der Waals surface area contributed by atoms with Crippen molar-refractivity contribution in [2.24, 2.45) is 0 Å². The average Bonchev–Trinajstić information content (AvgIpc) is 2.80. The first-order chi connectivity index (χ1) is 16.6. The van der Waals surface area contributed by atoms with Gasteiger partial charge in [-0.1, -0.05) is 110 Å². The molecule has 0 aliphatic carbocycles. The van der Waals surface area contributed by atoms with Crippen LogP contribution in [0.4, 0.5) is 14.9 Å². The number of hydrogen-bond acceptors (Lipinski definition) is 3. The number of unbranched alkanes of at least 4 members (excludes halogenated alkanes) is 6. The Labute approximate surface area is 214 Å². The molecule has 0 saturated carbocycles. The maximum absolute atomic E-state index is 14.4. The number of halogens is 1. The highest BCUT2D eigenvalue weighted by molar-refractivity contribution is 6.83. The predicted molar refractivity (Wildman–Crippen MR) is 148 cm³/mol. The number of amides is 2. The molecule has 0 unspecified atom stereocenters. The summed E-state index contributed by atoms with van der Waals surface area (Å²) in [6, 6.07) is 4.87. The number of hydrogen-bond donors (Lipinski definition) is 2. The van der Waals surface area contributed by atoms with Crippen molar-refractivity contribution in [2.75, 3.05) is 18.5 Å². The van der Waals surface area contributed by atoms with E-state index in [1.807, 2.05) is 0 Å². The lowest BCUT2D eigenvalue weighted by Crippen LogP contribution is -2.46. The molecule has 0 fully saturated rings. The molecule has 0 aromatic heterocycles. The van der Waals surface area contributed by atoms with Gasteiger partial charge in [-0.05, 0) is 30.2 Å². The summed E-state index contributed by atoms with van der Waals surface area (Å²) in [5.41, 5.74) is 2.42. The topological polar surface area (TPSA) is 61.8 Å². The van der Waals surface area contributed by atoms with Crippen LogP contribution >= 0.6 is 0 Å². The number of benzene rings is 1. The third-order valence-corrected chi connectivity index (χ3v) is 15.2. The highest BCUT2D eigenvalue weighted by atomic mass is 28.3. The van der Waals surface area contributed by atoms with Crippen LogP contribution in [0, 0.1) is 5.82 Å². The largest absolute Gasteiger partial charge is 0.392 e. The molecule has 1 aromatic rings. The Morgan fingerprint density at radius 1 is 1.00 bits per heavy atom. The summed E-state index contributed by atoms with van der Waals surface area (Å²) in [7, 11) is -1.65. The molecule has 0 radical (unpaired) electrons. The third-order valence-electron chi connectivity index (χ3n) is 7.66. The van der Waals surface area contributed by atoms with E-state index in [1.165, 1.54) is 42.9 Å². The number of hydroxylamine groups is 2. The van der Waals surface area contributed by atoms with Crippen LogP contribution in [0.2, 0.25) is 22.7 Å². The van der Waals surface area contributed by atoms with E-state index in [0.717, 1.165) is 25.3 Å².